The van der Waals surface area contributed by atoms with Crippen molar-refractivity contribution in [2.24, 2.45) is 0 Å². The lowest BCUT2D eigenvalue weighted by atomic mass is 9.98. The van der Waals surface area contributed by atoms with Crippen molar-refractivity contribution in [1.29, 1.82) is 0 Å². The zero-order valence-electron chi connectivity index (χ0n) is 11.3. The summed E-state index contributed by atoms with van der Waals surface area (Å²) < 4.78 is 5.69. The van der Waals surface area contributed by atoms with Gasteiger partial charge in [-0.15, -0.1) is 0 Å². The highest BCUT2D eigenvalue weighted by atomic mass is 16.5. The molecule has 1 saturated heterocycles. The summed E-state index contributed by atoms with van der Waals surface area (Å²) in [7, 11) is 0. The average molecular weight is 248 g/mol. The van der Waals surface area contributed by atoms with E-state index in [2.05, 4.69) is 31.2 Å². The van der Waals surface area contributed by atoms with Gasteiger partial charge in [0.15, 0.2) is 0 Å². The molecule has 1 fully saturated rings. The van der Waals surface area contributed by atoms with E-state index < -0.39 is 0 Å². The molecular formula is C16H24O2. The lowest BCUT2D eigenvalue weighted by Gasteiger charge is -2.23. The second-order valence-corrected chi connectivity index (χ2v) is 5.41. The topological polar surface area (TPSA) is 29.5 Å². The van der Waals surface area contributed by atoms with Crippen LogP contribution in [0.1, 0.15) is 43.2 Å². The van der Waals surface area contributed by atoms with Crippen LogP contribution in [-0.2, 0) is 11.2 Å². The molecule has 0 aromatic heterocycles. The average Bonchev–Trinajstić information content (AvgIpc) is 2.38. The number of hydrogen-bond acceptors (Lipinski definition) is 2. The van der Waals surface area contributed by atoms with Crippen molar-refractivity contribution in [3.8, 4) is 0 Å². The number of aliphatic hydroxyl groups excluding tert-OH is 1. The van der Waals surface area contributed by atoms with E-state index in [1.807, 2.05) is 0 Å². The Morgan fingerprint density at radius 1 is 1.39 bits per heavy atom. The van der Waals surface area contributed by atoms with Gasteiger partial charge < -0.3 is 9.84 Å². The number of ether oxygens (including phenoxy) is 1. The van der Waals surface area contributed by atoms with Crippen LogP contribution in [0.3, 0.4) is 0 Å². The molecule has 1 aliphatic rings. The summed E-state index contributed by atoms with van der Waals surface area (Å²) in [5.41, 5.74) is 2.49. The second-order valence-electron chi connectivity index (χ2n) is 5.41. The van der Waals surface area contributed by atoms with Crippen molar-refractivity contribution < 1.29 is 9.84 Å². The summed E-state index contributed by atoms with van der Waals surface area (Å²) in [5.74, 6) is 0. The van der Waals surface area contributed by atoms with Crippen LogP contribution in [0.4, 0.5) is 0 Å². The molecule has 0 amide bonds. The van der Waals surface area contributed by atoms with Gasteiger partial charge in [-0.25, -0.2) is 0 Å². The van der Waals surface area contributed by atoms with Crippen molar-refractivity contribution in [3.05, 3.63) is 35.4 Å². The Morgan fingerprint density at radius 2 is 2.28 bits per heavy atom. The van der Waals surface area contributed by atoms with E-state index in [-0.39, 0.29) is 6.10 Å². The summed E-state index contributed by atoms with van der Waals surface area (Å²) in [6.07, 6.45) is 6.38. The zero-order valence-corrected chi connectivity index (χ0v) is 11.3. The smallest absolute Gasteiger partial charge is 0.0581 e. The number of benzene rings is 1. The lowest BCUT2D eigenvalue weighted by molar-refractivity contribution is 0.00234. The number of rotatable bonds is 5. The van der Waals surface area contributed by atoms with E-state index in [4.69, 9.17) is 4.74 Å². The van der Waals surface area contributed by atoms with Gasteiger partial charge in [-0.05, 0) is 51.0 Å². The van der Waals surface area contributed by atoms with Crippen LogP contribution in [0.5, 0.6) is 0 Å². The van der Waals surface area contributed by atoms with Gasteiger partial charge in [-0.2, -0.15) is 0 Å². The zero-order chi connectivity index (χ0) is 12.8. The van der Waals surface area contributed by atoms with E-state index in [0.29, 0.717) is 6.10 Å². The van der Waals surface area contributed by atoms with E-state index in [0.717, 1.165) is 32.3 Å². The molecule has 2 atom stereocenters. The molecule has 0 radical (unpaired) electrons. The van der Waals surface area contributed by atoms with Crippen molar-refractivity contribution >= 4 is 0 Å². The van der Waals surface area contributed by atoms with Crippen molar-refractivity contribution in [3.63, 3.8) is 0 Å². The maximum Gasteiger partial charge on any atom is 0.0581 e. The first-order chi connectivity index (χ1) is 8.74. The molecule has 1 aromatic carbocycles. The minimum atomic E-state index is -0.239. The maximum atomic E-state index is 10.1. The molecule has 0 bridgehead atoms. The van der Waals surface area contributed by atoms with Gasteiger partial charge in [0.25, 0.3) is 0 Å². The molecule has 100 valence electrons. The predicted octanol–water partition coefficient (Wildman–Crippen LogP) is 3.25. The van der Waals surface area contributed by atoms with E-state index >= 15 is 0 Å². The molecule has 18 heavy (non-hydrogen) atoms. The molecule has 2 rings (SSSR count). The molecule has 1 N–H and O–H groups in total. The molecule has 2 nitrogen and oxygen atoms in total. The first-order valence-corrected chi connectivity index (χ1v) is 7.09. The second kappa shape index (κ2) is 6.91. The molecule has 0 spiro atoms. The summed E-state index contributed by atoms with van der Waals surface area (Å²) in [4.78, 5) is 0. The van der Waals surface area contributed by atoms with Crippen LogP contribution in [0.15, 0.2) is 24.3 Å². The van der Waals surface area contributed by atoms with Crippen molar-refractivity contribution in [2.75, 3.05) is 6.61 Å². The highest BCUT2D eigenvalue weighted by Gasteiger charge is 2.15. The third kappa shape index (κ3) is 4.43. The molecule has 2 heteroatoms. The van der Waals surface area contributed by atoms with Crippen LogP contribution in [0.25, 0.3) is 0 Å². The first kappa shape index (κ1) is 13.6. The third-order valence-electron chi connectivity index (χ3n) is 3.65. The van der Waals surface area contributed by atoms with Gasteiger partial charge in [0, 0.05) is 6.61 Å². The fraction of sp³-hybridized carbons (Fsp3) is 0.625. The van der Waals surface area contributed by atoms with Crippen LogP contribution >= 0.6 is 0 Å². The lowest BCUT2D eigenvalue weighted by Crippen LogP contribution is -2.21. The Hall–Kier alpha value is -0.860. The largest absolute Gasteiger partial charge is 0.393 e. The summed E-state index contributed by atoms with van der Waals surface area (Å²) in [5, 5.41) is 10.1. The summed E-state index contributed by atoms with van der Waals surface area (Å²) in [6, 6.07) is 8.39. The van der Waals surface area contributed by atoms with Gasteiger partial charge in [0.05, 0.1) is 12.2 Å². The maximum absolute atomic E-state index is 10.1. The minimum absolute atomic E-state index is 0.239. The van der Waals surface area contributed by atoms with E-state index in [1.165, 1.54) is 24.0 Å². The van der Waals surface area contributed by atoms with E-state index in [9.17, 15) is 5.11 Å². The van der Waals surface area contributed by atoms with Crippen LogP contribution in [0.2, 0.25) is 0 Å². The number of hydrogen-bond donors (Lipinski definition) is 1. The Balaban J connectivity index is 1.72. The molecule has 1 aliphatic heterocycles. The van der Waals surface area contributed by atoms with Crippen LogP contribution in [0, 0.1) is 6.92 Å². The summed E-state index contributed by atoms with van der Waals surface area (Å²) >= 11 is 0. The molecule has 1 heterocycles. The van der Waals surface area contributed by atoms with Gasteiger partial charge in [0.1, 0.15) is 0 Å². The Morgan fingerprint density at radius 3 is 3.00 bits per heavy atom. The Kier molecular flexibility index (Phi) is 5.21. The highest BCUT2D eigenvalue weighted by molar-refractivity contribution is 5.22. The first-order valence-electron chi connectivity index (χ1n) is 7.09. The quantitative estimate of drug-likeness (QED) is 0.866. The third-order valence-corrected chi connectivity index (χ3v) is 3.65. The van der Waals surface area contributed by atoms with Gasteiger partial charge >= 0.3 is 0 Å². The standard InChI is InChI=1S/C16H24O2/c1-13-5-4-6-14(11-13)12-15(17)8-9-16-7-2-3-10-18-16/h4-6,11,15-17H,2-3,7-10,12H2,1H3. The summed E-state index contributed by atoms with van der Waals surface area (Å²) in [6.45, 7) is 2.99. The van der Waals surface area contributed by atoms with Crippen LogP contribution in [-0.4, -0.2) is 23.9 Å². The molecule has 0 saturated carbocycles. The normalized spacial score (nSPS) is 21.8. The predicted molar refractivity (Wildman–Crippen MR) is 73.7 cm³/mol. The SMILES string of the molecule is Cc1cccc(CC(O)CCC2CCCCO2)c1. The molecular weight excluding hydrogens is 224 g/mol. The highest BCUT2D eigenvalue weighted by Crippen LogP contribution is 2.19. The minimum Gasteiger partial charge on any atom is -0.393 e. The van der Waals surface area contributed by atoms with Crippen LogP contribution < -0.4 is 0 Å². The monoisotopic (exact) mass is 248 g/mol. The van der Waals surface area contributed by atoms with Gasteiger partial charge in [-0.3, -0.25) is 0 Å². The van der Waals surface area contributed by atoms with Gasteiger partial charge in [0.2, 0.25) is 0 Å². The van der Waals surface area contributed by atoms with E-state index in [1.54, 1.807) is 0 Å². The van der Waals surface area contributed by atoms with Gasteiger partial charge in [-0.1, -0.05) is 29.8 Å². The van der Waals surface area contributed by atoms with Crippen molar-refractivity contribution in [1.82, 2.24) is 0 Å². The number of aliphatic hydroxyl groups is 1. The fourth-order valence-corrected chi connectivity index (χ4v) is 2.63. The molecule has 0 aliphatic carbocycles. The molecule has 1 aromatic rings. The number of aryl methyl sites for hydroxylation is 1. The fourth-order valence-electron chi connectivity index (χ4n) is 2.63. The Bertz CT molecular complexity index is 356. The Labute approximate surface area is 110 Å². The molecule has 2 unspecified atom stereocenters. The van der Waals surface area contributed by atoms with Crippen molar-refractivity contribution in [2.45, 2.75) is 57.7 Å².